The third-order valence-electron chi connectivity index (χ3n) is 5.28. The predicted molar refractivity (Wildman–Crippen MR) is 140 cm³/mol. The van der Waals surface area contributed by atoms with Gasteiger partial charge in [0, 0.05) is 17.5 Å². The van der Waals surface area contributed by atoms with Gasteiger partial charge >= 0.3 is 66.0 Å². The monoisotopic (exact) mass is 674 g/mol. The Hall–Kier alpha value is -2.02. The summed E-state index contributed by atoms with van der Waals surface area (Å²) in [7, 11) is -21.3. The SMILES string of the molecule is Cc1ccc2c(c1)C[NH2+]CCCCC[NH2+]Cc1cc(C)ccc1OCCCO2.F[P-](F)(F)(F)(F)F.F[P-](F)(F)(F)(F)F. The van der Waals surface area contributed by atoms with Crippen molar-refractivity contribution in [2.45, 2.75) is 52.6 Å². The summed E-state index contributed by atoms with van der Waals surface area (Å²) in [6.45, 7) is 10.0. The summed E-state index contributed by atoms with van der Waals surface area (Å²) in [6, 6.07) is 13.0. The molecule has 0 bridgehead atoms. The van der Waals surface area contributed by atoms with Gasteiger partial charge in [0.05, 0.1) is 26.3 Å². The minimum absolute atomic E-state index is 0.684. The summed E-state index contributed by atoms with van der Waals surface area (Å²) in [5.41, 5.74) is 5.19. The fourth-order valence-corrected chi connectivity index (χ4v) is 3.71. The Bertz CT molecular complexity index is 1050. The van der Waals surface area contributed by atoms with Crippen molar-refractivity contribution >= 4 is 15.6 Å². The Kier molecular flexibility index (Phi) is 11.7. The van der Waals surface area contributed by atoms with Crippen molar-refractivity contribution < 1.29 is 70.5 Å². The van der Waals surface area contributed by atoms with Crippen LogP contribution in [0.3, 0.4) is 0 Å². The molecule has 0 spiro atoms. The molecule has 0 aromatic heterocycles. The van der Waals surface area contributed by atoms with Crippen LogP contribution >= 0.6 is 15.6 Å². The fraction of sp³-hybridized carbons (Fsp3) is 0.500. The van der Waals surface area contributed by atoms with Gasteiger partial charge in [-0.15, -0.1) is 0 Å². The molecule has 1 aliphatic rings. The number of rotatable bonds is 0. The van der Waals surface area contributed by atoms with E-state index in [1.54, 1.807) is 0 Å². The molecule has 0 aliphatic carbocycles. The summed E-state index contributed by atoms with van der Waals surface area (Å²) in [6.07, 6.45) is 4.72. The molecule has 42 heavy (non-hydrogen) atoms. The van der Waals surface area contributed by atoms with Crippen LogP contribution in [-0.2, 0) is 13.1 Å². The molecule has 0 fully saturated rings. The summed E-state index contributed by atoms with van der Waals surface area (Å²) in [5, 5.41) is 4.83. The number of halogens is 12. The van der Waals surface area contributed by atoms with Crippen LogP contribution in [0.15, 0.2) is 36.4 Å². The van der Waals surface area contributed by atoms with E-state index >= 15 is 0 Å². The number of fused-ring (bicyclic) bond motifs is 2. The predicted octanol–water partition coefficient (Wildman–Crippen LogP) is 9.23. The first-order valence-corrected chi connectivity index (χ1v) is 16.9. The maximum atomic E-state index is 9.87. The van der Waals surface area contributed by atoms with Crippen LogP contribution in [0.1, 0.15) is 47.9 Å². The van der Waals surface area contributed by atoms with Crippen molar-refractivity contribution in [3.8, 4) is 11.5 Å². The van der Waals surface area contributed by atoms with Gasteiger partial charge in [0.2, 0.25) is 0 Å². The Labute approximate surface area is 235 Å². The number of ether oxygens (including phenoxy) is 2. The molecular weight excluding hydrogens is 638 g/mol. The first-order chi connectivity index (χ1) is 18.6. The molecule has 3 rings (SSSR count). The van der Waals surface area contributed by atoms with Crippen LogP contribution in [-0.4, -0.2) is 26.3 Å². The second kappa shape index (κ2) is 12.9. The van der Waals surface area contributed by atoms with Crippen molar-refractivity contribution in [3.63, 3.8) is 0 Å². The van der Waals surface area contributed by atoms with E-state index in [0.29, 0.717) is 13.2 Å². The molecule has 2 aromatic rings. The third kappa shape index (κ3) is 26.9. The van der Waals surface area contributed by atoms with Crippen LogP contribution in [0, 0.1) is 13.8 Å². The van der Waals surface area contributed by atoms with E-state index in [9.17, 15) is 50.4 Å². The molecule has 18 heteroatoms. The van der Waals surface area contributed by atoms with Crippen LogP contribution < -0.4 is 20.1 Å². The van der Waals surface area contributed by atoms with E-state index < -0.39 is 15.6 Å². The molecule has 1 heterocycles. The molecule has 4 N–H and O–H groups in total. The maximum absolute atomic E-state index is 10.7. The van der Waals surface area contributed by atoms with Gasteiger partial charge in [-0.2, -0.15) is 0 Å². The van der Waals surface area contributed by atoms with Gasteiger partial charge in [0.15, 0.2) is 0 Å². The molecule has 4 nitrogen and oxygen atoms in total. The second-order valence-corrected chi connectivity index (χ2v) is 13.6. The molecule has 2 aromatic carbocycles. The fourth-order valence-electron chi connectivity index (χ4n) is 3.71. The van der Waals surface area contributed by atoms with Gasteiger partial charge in [-0.05, 0) is 57.4 Å². The van der Waals surface area contributed by atoms with Gasteiger partial charge in [-0.25, -0.2) is 0 Å². The number of nitrogens with two attached hydrogens (primary N) is 2. The van der Waals surface area contributed by atoms with Gasteiger partial charge in [-0.1, -0.05) is 23.3 Å². The summed E-state index contributed by atoms with van der Waals surface area (Å²) >= 11 is 0. The van der Waals surface area contributed by atoms with Gasteiger partial charge in [0.25, 0.3) is 0 Å². The molecule has 0 saturated heterocycles. The molecular formula is C24H36F12N2O2P2. The van der Waals surface area contributed by atoms with Crippen molar-refractivity contribution in [1.82, 2.24) is 0 Å². The molecule has 1 aliphatic heterocycles. The van der Waals surface area contributed by atoms with Crippen LogP contribution in [0.5, 0.6) is 11.5 Å². The Balaban J connectivity index is 0.000000522. The average molecular weight is 674 g/mol. The van der Waals surface area contributed by atoms with Crippen molar-refractivity contribution in [2.75, 3.05) is 26.3 Å². The molecule has 0 radical (unpaired) electrons. The van der Waals surface area contributed by atoms with E-state index in [4.69, 9.17) is 9.47 Å². The first kappa shape index (κ1) is 38.0. The second-order valence-electron chi connectivity index (χ2n) is 9.81. The number of hydrogen-bond acceptors (Lipinski definition) is 2. The average Bonchev–Trinajstić information content (AvgIpc) is 2.75. The van der Waals surface area contributed by atoms with E-state index in [0.717, 1.165) is 31.0 Å². The minimum atomic E-state index is -10.7. The van der Waals surface area contributed by atoms with Crippen molar-refractivity contribution in [2.24, 2.45) is 0 Å². The zero-order valence-electron chi connectivity index (χ0n) is 22.9. The Morgan fingerprint density at radius 3 is 1.19 bits per heavy atom. The van der Waals surface area contributed by atoms with Gasteiger partial charge < -0.3 is 20.1 Å². The van der Waals surface area contributed by atoms with E-state index in [1.807, 2.05) is 0 Å². The number of aryl methyl sites for hydroxylation is 2. The third-order valence-corrected chi connectivity index (χ3v) is 5.28. The topological polar surface area (TPSA) is 51.7 Å². The molecule has 0 unspecified atom stereocenters. The van der Waals surface area contributed by atoms with Crippen LogP contribution in [0.4, 0.5) is 50.4 Å². The zero-order chi connectivity index (χ0) is 32.4. The summed E-state index contributed by atoms with van der Waals surface area (Å²) in [5.74, 6) is 2.04. The number of hydrogen-bond donors (Lipinski definition) is 2. The van der Waals surface area contributed by atoms with E-state index in [2.05, 4.69) is 60.9 Å². The molecule has 248 valence electrons. The number of quaternary nitrogens is 2. The Morgan fingerprint density at radius 1 is 0.524 bits per heavy atom. The number of benzene rings is 2. The summed E-state index contributed by atoms with van der Waals surface area (Å²) in [4.78, 5) is 0. The molecule has 0 amide bonds. The Morgan fingerprint density at radius 2 is 0.857 bits per heavy atom. The molecule has 0 atom stereocenters. The van der Waals surface area contributed by atoms with E-state index in [1.165, 1.54) is 54.6 Å². The summed E-state index contributed by atoms with van der Waals surface area (Å²) < 4.78 is 131. The standard InChI is InChI=1S/C24H34N2O2.2F6P/c1-19-7-9-23-21(15-19)17-25-11-4-3-5-12-26-18-22-16-20(2)8-10-24(22)28-14-6-13-27-23;2*1-7(2,3,4,5)6/h7-10,15-16,25-26H,3-6,11-14,17-18H2,1-2H3;;/q;2*-1/p+2. The molecule has 0 saturated carbocycles. The first-order valence-electron chi connectivity index (χ1n) is 12.8. The van der Waals surface area contributed by atoms with E-state index in [-0.39, 0.29) is 0 Å². The van der Waals surface area contributed by atoms with Gasteiger partial charge in [0.1, 0.15) is 24.6 Å². The van der Waals surface area contributed by atoms with Crippen molar-refractivity contribution in [3.05, 3.63) is 58.7 Å². The quantitative estimate of drug-likeness (QED) is 0.216. The zero-order valence-corrected chi connectivity index (χ0v) is 24.7. The normalized spacial score (nSPS) is 19.2. The van der Waals surface area contributed by atoms with Crippen LogP contribution in [0.2, 0.25) is 0 Å². The van der Waals surface area contributed by atoms with Crippen LogP contribution in [0.25, 0.3) is 0 Å². The van der Waals surface area contributed by atoms with Crippen molar-refractivity contribution in [1.29, 1.82) is 0 Å². The van der Waals surface area contributed by atoms with Gasteiger partial charge in [-0.3, -0.25) is 0 Å².